The lowest BCUT2D eigenvalue weighted by molar-refractivity contribution is -0.145. The van der Waals surface area contributed by atoms with E-state index >= 15 is 0 Å². The highest BCUT2D eigenvalue weighted by atomic mass is 35.5. The van der Waals surface area contributed by atoms with Gasteiger partial charge in [0.15, 0.2) is 5.16 Å². The number of rotatable bonds is 2. The summed E-state index contributed by atoms with van der Waals surface area (Å²) in [6.45, 7) is 0. The maximum absolute atomic E-state index is 12.5. The molecule has 2 aromatic heterocycles. The fourth-order valence-electron chi connectivity index (χ4n) is 1.12. The van der Waals surface area contributed by atoms with E-state index in [4.69, 9.17) is 11.6 Å². The van der Waals surface area contributed by atoms with E-state index in [1.807, 2.05) is 0 Å². The quantitative estimate of drug-likeness (QED) is 0.799. The molecule has 96 valence electrons. The van der Waals surface area contributed by atoms with Crippen molar-refractivity contribution in [3.63, 3.8) is 0 Å². The van der Waals surface area contributed by atoms with Crippen molar-refractivity contribution in [1.82, 2.24) is 19.5 Å². The van der Waals surface area contributed by atoms with E-state index < -0.39 is 12.0 Å². The fourth-order valence-corrected chi connectivity index (χ4v) is 2.18. The Bertz CT molecular complexity index is 569. The molecule has 0 aliphatic rings. The third-order valence-corrected chi connectivity index (χ3v) is 3.09. The van der Waals surface area contributed by atoms with Gasteiger partial charge in [-0.1, -0.05) is 11.6 Å². The van der Waals surface area contributed by atoms with E-state index in [9.17, 15) is 13.2 Å². The number of aromatic nitrogens is 4. The Kier molecular flexibility index (Phi) is 3.49. The zero-order chi connectivity index (χ0) is 13.3. The molecule has 0 radical (unpaired) electrons. The van der Waals surface area contributed by atoms with Crippen molar-refractivity contribution < 1.29 is 13.2 Å². The van der Waals surface area contributed by atoms with Crippen molar-refractivity contribution in [3.8, 4) is 0 Å². The van der Waals surface area contributed by atoms with Gasteiger partial charge in [0.2, 0.25) is 5.82 Å². The van der Waals surface area contributed by atoms with Crippen molar-refractivity contribution in [3.05, 3.63) is 29.4 Å². The number of halogens is 4. The predicted molar refractivity (Wildman–Crippen MR) is 59.4 cm³/mol. The molecule has 9 heteroatoms. The highest BCUT2D eigenvalue weighted by Crippen LogP contribution is 2.31. The molecule has 0 spiro atoms. The molecular weight excluding hydrogens is 289 g/mol. The Labute approximate surface area is 109 Å². The van der Waals surface area contributed by atoms with Crippen LogP contribution in [0.5, 0.6) is 0 Å². The van der Waals surface area contributed by atoms with Gasteiger partial charge in [-0.2, -0.15) is 13.2 Å². The Hall–Kier alpha value is -1.28. The first-order chi connectivity index (χ1) is 8.36. The minimum absolute atomic E-state index is 0.0941. The van der Waals surface area contributed by atoms with Gasteiger partial charge >= 0.3 is 6.18 Å². The van der Waals surface area contributed by atoms with Crippen LogP contribution < -0.4 is 0 Å². The number of aryl methyl sites for hydroxylation is 1. The second kappa shape index (κ2) is 4.77. The number of alkyl halides is 3. The molecule has 0 N–H and O–H groups in total. The molecule has 4 nitrogen and oxygen atoms in total. The van der Waals surface area contributed by atoms with Gasteiger partial charge in [-0.25, -0.2) is 15.0 Å². The smallest absolute Gasteiger partial charge is 0.329 e. The lowest BCUT2D eigenvalue weighted by Gasteiger charge is -2.07. The summed E-state index contributed by atoms with van der Waals surface area (Å²) in [5.74, 6) is -1.26. The lowest BCUT2D eigenvalue weighted by atomic mass is 10.5. The van der Waals surface area contributed by atoms with Gasteiger partial charge in [-0.3, -0.25) is 0 Å². The van der Waals surface area contributed by atoms with Crippen LogP contribution in [-0.4, -0.2) is 19.5 Å². The zero-order valence-electron chi connectivity index (χ0n) is 8.94. The molecule has 2 rings (SSSR count). The van der Waals surface area contributed by atoms with E-state index in [0.717, 1.165) is 11.8 Å². The molecule has 2 heterocycles. The number of hydrogen-bond donors (Lipinski definition) is 0. The molecule has 0 fully saturated rings. The van der Waals surface area contributed by atoms with Gasteiger partial charge in [0.05, 0.1) is 0 Å². The Morgan fingerprint density at radius 1 is 1.33 bits per heavy atom. The summed E-state index contributed by atoms with van der Waals surface area (Å²) in [4.78, 5) is 10.5. The average Bonchev–Trinajstić information content (AvgIpc) is 2.62. The van der Waals surface area contributed by atoms with Crippen LogP contribution in [0.2, 0.25) is 5.15 Å². The molecule has 0 saturated carbocycles. The molecule has 18 heavy (non-hydrogen) atoms. The standard InChI is InChI=1S/C9H6ClF3N4S/c1-17-3-2-14-8(17)18-6-4-5(10)15-7(16-6)9(11,12)13/h2-4H,1H3. The van der Waals surface area contributed by atoms with Crippen LogP contribution in [0, 0.1) is 0 Å². The van der Waals surface area contributed by atoms with Crippen molar-refractivity contribution in [1.29, 1.82) is 0 Å². The van der Waals surface area contributed by atoms with Crippen molar-refractivity contribution in [2.24, 2.45) is 7.05 Å². The Morgan fingerprint density at radius 3 is 2.61 bits per heavy atom. The van der Waals surface area contributed by atoms with E-state index in [0.29, 0.717) is 5.16 Å². The van der Waals surface area contributed by atoms with Gasteiger partial charge in [-0.15, -0.1) is 0 Å². The van der Waals surface area contributed by atoms with E-state index in [2.05, 4.69) is 15.0 Å². The minimum Gasteiger partial charge on any atom is -0.329 e. The molecule has 0 aliphatic heterocycles. The maximum Gasteiger partial charge on any atom is 0.451 e. The summed E-state index contributed by atoms with van der Waals surface area (Å²) in [6, 6.07) is 1.26. The monoisotopic (exact) mass is 294 g/mol. The fraction of sp³-hybridized carbons (Fsp3) is 0.222. The lowest BCUT2D eigenvalue weighted by Crippen LogP contribution is -2.11. The van der Waals surface area contributed by atoms with Crippen LogP contribution >= 0.6 is 23.4 Å². The average molecular weight is 295 g/mol. The molecule has 0 aromatic carbocycles. The van der Waals surface area contributed by atoms with Crippen LogP contribution in [0.25, 0.3) is 0 Å². The molecule has 0 saturated heterocycles. The van der Waals surface area contributed by atoms with Crippen LogP contribution in [0.4, 0.5) is 13.2 Å². The molecule has 0 amide bonds. The molecule has 0 unspecified atom stereocenters. The topological polar surface area (TPSA) is 43.6 Å². The highest BCUT2D eigenvalue weighted by Gasteiger charge is 2.35. The first-order valence-electron chi connectivity index (χ1n) is 4.63. The Morgan fingerprint density at radius 2 is 2.06 bits per heavy atom. The van der Waals surface area contributed by atoms with E-state index in [1.165, 1.54) is 12.3 Å². The SMILES string of the molecule is Cn1ccnc1Sc1cc(Cl)nc(C(F)(F)F)n1. The highest BCUT2D eigenvalue weighted by molar-refractivity contribution is 7.99. The second-order valence-corrected chi connectivity index (χ2v) is 4.65. The van der Waals surface area contributed by atoms with Crippen LogP contribution in [0.3, 0.4) is 0 Å². The largest absolute Gasteiger partial charge is 0.451 e. The van der Waals surface area contributed by atoms with Crippen molar-refractivity contribution in [2.75, 3.05) is 0 Å². The molecule has 0 bridgehead atoms. The molecule has 0 atom stereocenters. The number of hydrogen-bond acceptors (Lipinski definition) is 4. The van der Waals surface area contributed by atoms with Gasteiger partial charge in [0, 0.05) is 25.5 Å². The van der Waals surface area contributed by atoms with Crippen molar-refractivity contribution in [2.45, 2.75) is 16.4 Å². The van der Waals surface area contributed by atoms with Gasteiger partial charge < -0.3 is 4.57 Å². The van der Waals surface area contributed by atoms with Gasteiger partial charge in [-0.05, 0) is 11.8 Å². The number of imidazole rings is 1. The van der Waals surface area contributed by atoms with E-state index in [1.54, 1.807) is 17.8 Å². The molecular formula is C9H6ClF3N4S. The van der Waals surface area contributed by atoms with E-state index in [-0.39, 0.29) is 10.2 Å². The molecule has 0 aliphatic carbocycles. The Balaban J connectivity index is 2.35. The third-order valence-electron chi connectivity index (χ3n) is 1.90. The predicted octanol–water partition coefficient (Wildman–Crippen LogP) is 3.03. The first-order valence-corrected chi connectivity index (χ1v) is 5.82. The first kappa shape index (κ1) is 13.2. The zero-order valence-corrected chi connectivity index (χ0v) is 10.5. The molecule has 2 aromatic rings. The summed E-state index contributed by atoms with van der Waals surface area (Å²) >= 11 is 6.53. The summed E-state index contributed by atoms with van der Waals surface area (Å²) in [5, 5.41) is 0.351. The van der Waals surface area contributed by atoms with Gasteiger partial charge in [0.25, 0.3) is 0 Å². The summed E-state index contributed by atoms with van der Waals surface area (Å²) in [6.07, 6.45) is -1.41. The third kappa shape index (κ3) is 2.94. The van der Waals surface area contributed by atoms with Gasteiger partial charge in [0.1, 0.15) is 10.2 Å². The normalized spacial score (nSPS) is 11.8. The minimum atomic E-state index is -4.62. The van der Waals surface area contributed by atoms with Crippen LogP contribution in [0.1, 0.15) is 5.82 Å². The maximum atomic E-state index is 12.5. The summed E-state index contributed by atoms with van der Waals surface area (Å²) < 4.78 is 39.1. The van der Waals surface area contributed by atoms with Crippen LogP contribution in [-0.2, 0) is 13.2 Å². The summed E-state index contributed by atoms with van der Waals surface area (Å²) in [7, 11) is 1.73. The van der Waals surface area contributed by atoms with Crippen molar-refractivity contribution >= 4 is 23.4 Å². The van der Waals surface area contributed by atoms with Crippen LogP contribution in [0.15, 0.2) is 28.6 Å². The summed E-state index contributed by atoms with van der Waals surface area (Å²) in [5.41, 5.74) is 0. The number of nitrogens with zero attached hydrogens (tertiary/aromatic N) is 4. The second-order valence-electron chi connectivity index (χ2n) is 3.27.